The second kappa shape index (κ2) is 5.67. The molecule has 2 unspecified atom stereocenters. The van der Waals surface area contributed by atoms with Crippen molar-refractivity contribution in [2.45, 2.75) is 31.7 Å². The van der Waals surface area contributed by atoms with E-state index in [0.29, 0.717) is 24.1 Å². The molecule has 0 bridgehead atoms. The largest absolute Gasteiger partial charge is 0.463 e. The lowest BCUT2D eigenvalue weighted by molar-refractivity contribution is 0.0943. The van der Waals surface area contributed by atoms with Gasteiger partial charge in [-0.15, -0.1) is 0 Å². The Kier molecular flexibility index (Phi) is 3.74. The zero-order valence-electron chi connectivity index (χ0n) is 11.5. The van der Waals surface area contributed by atoms with Crippen LogP contribution in [0.2, 0.25) is 0 Å². The lowest BCUT2D eigenvalue weighted by atomic mass is 9.86. The highest BCUT2D eigenvalue weighted by Crippen LogP contribution is 2.23. The fourth-order valence-corrected chi connectivity index (χ4v) is 3.00. The monoisotopic (exact) mass is 272 g/mol. The molecule has 0 spiro atoms. The number of para-hydroxylation sites is 1. The third-order valence-corrected chi connectivity index (χ3v) is 4.10. The summed E-state index contributed by atoms with van der Waals surface area (Å²) in [5.41, 5.74) is 7.33. The van der Waals surface area contributed by atoms with E-state index in [9.17, 15) is 4.79 Å². The molecule has 2 aromatic rings. The van der Waals surface area contributed by atoms with Crippen molar-refractivity contribution < 1.29 is 9.21 Å². The molecule has 3 rings (SSSR count). The van der Waals surface area contributed by atoms with Crippen LogP contribution in [0.1, 0.15) is 36.0 Å². The van der Waals surface area contributed by atoms with Crippen LogP contribution in [0.5, 0.6) is 0 Å². The van der Waals surface area contributed by atoms with Crippen LogP contribution < -0.4 is 11.1 Å². The number of carbonyl (C=O) groups is 1. The number of rotatable bonds is 3. The van der Waals surface area contributed by atoms with Gasteiger partial charge in [0.2, 0.25) is 0 Å². The van der Waals surface area contributed by atoms with E-state index >= 15 is 0 Å². The maximum atomic E-state index is 12.2. The average molecular weight is 272 g/mol. The minimum Gasteiger partial charge on any atom is -0.463 e. The Bertz CT molecular complexity index is 605. The van der Waals surface area contributed by atoms with Crippen molar-refractivity contribution in [1.82, 2.24) is 5.32 Å². The summed E-state index contributed by atoms with van der Waals surface area (Å²) in [6.07, 6.45) is 5.96. The van der Waals surface area contributed by atoms with Crippen LogP contribution >= 0.6 is 0 Å². The normalized spacial score (nSPS) is 22.9. The molecule has 0 radical (unpaired) electrons. The molecule has 1 aliphatic carbocycles. The molecule has 1 fully saturated rings. The van der Waals surface area contributed by atoms with Gasteiger partial charge < -0.3 is 15.5 Å². The summed E-state index contributed by atoms with van der Waals surface area (Å²) < 4.78 is 5.40. The zero-order chi connectivity index (χ0) is 13.9. The van der Waals surface area contributed by atoms with E-state index in [0.717, 1.165) is 36.7 Å². The molecule has 0 saturated heterocycles. The smallest absolute Gasteiger partial charge is 0.255 e. The van der Waals surface area contributed by atoms with Gasteiger partial charge in [-0.2, -0.15) is 0 Å². The van der Waals surface area contributed by atoms with Crippen molar-refractivity contribution in [2.75, 3.05) is 6.54 Å². The zero-order valence-corrected chi connectivity index (χ0v) is 11.5. The van der Waals surface area contributed by atoms with Gasteiger partial charge in [-0.05, 0) is 31.2 Å². The van der Waals surface area contributed by atoms with Crippen LogP contribution in [-0.4, -0.2) is 18.5 Å². The number of fused-ring (bicyclic) bond motifs is 1. The first kappa shape index (κ1) is 13.2. The Balaban J connectivity index is 1.64. The standard InChI is InChI=1S/C16H20N2O2/c17-12-5-3-4-11(8-12)9-18-16(19)14-10-20-15-7-2-1-6-13(14)15/h1-2,6-7,10-12H,3-5,8-9,17H2,(H,18,19). The highest BCUT2D eigenvalue weighted by Gasteiger charge is 2.20. The van der Waals surface area contributed by atoms with E-state index in [4.69, 9.17) is 10.2 Å². The number of furan rings is 1. The Hall–Kier alpha value is -1.81. The van der Waals surface area contributed by atoms with Crippen LogP contribution in [0.15, 0.2) is 34.9 Å². The molecule has 1 aromatic heterocycles. The van der Waals surface area contributed by atoms with Gasteiger partial charge in [-0.3, -0.25) is 4.79 Å². The summed E-state index contributed by atoms with van der Waals surface area (Å²) >= 11 is 0. The SMILES string of the molecule is NC1CCCC(CNC(=O)c2coc3ccccc23)C1. The Labute approximate surface area is 118 Å². The predicted octanol–water partition coefficient (Wildman–Crippen LogP) is 2.68. The van der Waals surface area contributed by atoms with E-state index in [1.165, 1.54) is 6.26 Å². The Morgan fingerprint density at radius 3 is 3.05 bits per heavy atom. The molecule has 0 aliphatic heterocycles. The predicted molar refractivity (Wildman–Crippen MR) is 78.5 cm³/mol. The van der Waals surface area contributed by atoms with E-state index in [1.807, 2.05) is 24.3 Å². The molecule has 4 heteroatoms. The van der Waals surface area contributed by atoms with Gasteiger partial charge in [0, 0.05) is 18.0 Å². The maximum Gasteiger partial charge on any atom is 0.255 e. The summed E-state index contributed by atoms with van der Waals surface area (Å²) in [5.74, 6) is 0.440. The summed E-state index contributed by atoms with van der Waals surface area (Å²) in [7, 11) is 0. The van der Waals surface area contributed by atoms with Gasteiger partial charge >= 0.3 is 0 Å². The molecule has 1 amide bonds. The van der Waals surface area contributed by atoms with Gasteiger partial charge in [0.1, 0.15) is 11.8 Å². The van der Waals surface area contributed by atoms with E-state index < -0.39 is 0 Å². The number of benzene rings is 1. The third kappa shape index (κ3) is 2.70. The van der Waals surface area contributed by atoms with Crippen LogP contribution in [0.3, 0.4) is 0 Å². The summed E-state index contributed by atoms with van der Waals surface area (Å²) in [5, 5.41) is 3.88. The van der Waals surface area contributed by atoms with E-state index in [-0.39, 0.29) is 5.91 Å². The fraction of sp³-hybridized carbons (Fsp3) is 0.438. The number of amides is 1. The number of nitrogens with two attached hydrogens (primary N) is 1. The molecule has 4 nitrogen and oxygen atoms in total. The summed E-state index contributed by atoms with van der Waals surface area (Å²) in [6, 6.07) is 7.88. The van der Waals surface area contributed by atoms with Gasteiger partial charge in [-0.25, -0.2) is 0 Å². The lowest BCUT2D eigenvalue weighted by Gasteiger charge is -2.26. The first-order valence-corrected chi connectivity index (χ1v) is 7.24. The molecular formula is C16H20N2O2. The van der Waals surface area contributed by atoms with Gasteiger partial charge in [0.05, 0.1) is 5.56 Å². The van der Waals surface area contributed by atoms with Gasteiger partial charge in [0.15, 0.2) is 0 Å². The third-order valence-electron chi connectivity index (χ3n) is 4.10. The van der Waals surface area contributed by atoms with E-state index in [1.54, 1.807) is 0 Å². The molecule has 106 valence electrons. The van der Waals surface area contributed by atoms with Gasteiger partial charge in [-0.1, -0.05) is 24.6 Å². The average Bonchev–Trinajstić information content (AvgIpc) is 2.89. The highest BCUT2D eigenvalue weighted by molar-refractivity contribution is 6.05. The quantitative estimate of drug-likeness (QED) is 0.902. The number of hydrogen-bond donors (Lipinski definition) is 2. The second-order valence-electron chi connectivity index (χ2n) is 5.65. The van der Waals surface area contributed by atoms with Crippen molar-refractivity contribution in [3.63, 3.8) is 0 Å². The molecular weight excluding hydrogens is 252 g/mol. The van der Waals surface area contributed by atoms with Crippen LogP contribution in [0, 0.1) is 5.92 Å². The molecule has 3 N–H and O–H groups in total. The second-order valence-corrected chi connectivity index (χ2v) is 5.65. The first-order chi connectivity index (χ1) is 9.74. The topological polar surface area (TPSA) is 68.3 Å². The first-order valence-electron chi connectivity index (χ1n) is 7.24. The van der Waals surface area contributed by atoms with Crippen molar-refractivity contribution in [2.24, 2.45) is 11.7 Å². The van der Waals surface area contributed by atoms with Crippen LogP contribution in [-0.2, 0) is 0 Å². The van der Waals surface area contributed by atoms with Crippen molar-refractivity contribution in [3.05, 3.63) is 36.1 Å². The molecule has 1 aliphatic rings. The number of carbonyl (C=O) groups excluding carboxylic acids is 1. The lowest BCUT2D eigenvalue weighted by Crippen LogP contribution is -2.35. The van der Waals surface area contributed by atoms with E-state index in [2.05, 4.69) is 5.32 Å². The molecule has 1 saturated carbocycles. The maximum absolute atomic E-state index is 12.2. The van der Waals surface area contributed by atoms with Gasteiger partial charge in [0.25, 0.3) is 5.91 Å². The molecule has 1 aromatic carbocycles. The van der Waals surface area contributed by atoms with Crippen molar-refractivity contribution >= 4 is 16.9 Å². The molecule has 20 heavy (non-hydrogen) atoms. The minimum absolute atomic E-state index is 0.0610. The number of hydrogen-bond acceptors (Lipinski definition) is 3. The molecule has 1 heterocycles. The Morgan fingerprint density at radius 2 is 2.20 bits per heavy atom. The van der Waals surface area contributed by atoms with Crippen LogP contribution in [0.4, 0.5) is 0 Å². The highest BCUT2D eigenvalue weighted by atomic mass is 16.3. The fourth-order valence-electron chi connectivity index (χ4n) is 3.00. The Morgan fingerprint density at radius 1 is 1.35 bits per heavy atom. The van der Waals surface area contributed by atoms with Crippen LogP contribution in [0.25, 0.3) is 11.0 Å². The summed E-state index contributed by atoms with van der Waals surface area (Å²) in [6.45, 7) is 0.700. The van der Waals surface area contributed by atoms with Crippen molar-refractivity contribution in [1.29, 1.82) is 0 Å². The molecule has 2 atom stereocenters. The minimum atomic E-state index is -0.0610. The summed E-state index contributed by atoms with van der Waals surface area (Å²) in [4.78, 5) is 12.2. The van der Waals surface area contributed by atoms with Crippen molar-refractivity contribution in [3.8, 4) is 0 Å². The number of nitrogens with one attached hydrogen (secondary N) is 1.